The first-order valence-corrected chi connectivity index (χ1v) is 8.40. The molecule has 1 atom stereocenters. The van der Waals surface area contributed by atoms with Gasteiger partial charge in [-0.2, -0.15) is 5.10 Å². The van der Waals surface area contributed by atoms with Gasteiger partial charge >= 0.3 is 0 Å². The van der Waals surface area contributed by atoms with E-state index in [4.69, 9.17) is 0 Å². The number of aromatic nitrogens is 3. The van der Waals surface area contributed by atoms with Crippen LogP contribution in [0.1, 0.15) is 41.0 Å². The van der Waals surface area contributed by atoms with Crippen LogP contribution in [-0.2, 0) is 7.05 Å². The third kappa shape index (κ3) is 3.76. The van der Waals surface area contributed by atoms with E-state index in [1.54, 1.807) is 10.9 Å². The van der Waals surface area contributed by atoms with Crippen molar-refractivity contribution in [3.05, 3.63) is 71.7 Å². The van der Waals surface area contributed by atoms with Gasteiger partial charge in [0.25, 0.3) is 5.91 Å². The lowest BCUT2D eigenvalue weighted by atomic mass is 10.1. The normalized spacial score (nSPS) is 12.0. The van der Waals surface area contributed by atoms with Crippen LogP contribution in [0.3, 0.4) is 0 Å². The van der Waals surface area contributed by atoms with Crippen LogP contribution < -0.4 is 5.32 Å². The number of nitrogens with zero attached hydrogens (tertiary/aromatic N) is 3. The maximum atomic E-state index is 12.7. The number of carbonyl (C=O) groups is 1. The standard InChI is InChI=1S/C20H22N4O/c1-4-17(19-10-11-22-24(19)3)23-20(25)16-7-5-6-15(12-16)18-9-8-14(2)13-21-18/h5-13,17H,4H2,1-3H3,(H,23,25). The minimum absolute atomic E-state index is 0.0684. The average molecular weight is 334 g/mol. The molecule has 5 heteroatoms. The summed E-state index contributed by atoms with van der Waals surface area (Å²) in [6.45, 7) is 4.05. The molecule has 1 unspecified atom stereocenters. The number of rotatable bonds is 5. The molecule has 0 aliphatic rings. The molecule has 0 bridgehead atoms. The highest BCUT2D eigenvalue weighted by Crippen LogP contribution is 2.20. The summed E-state index contributed by atoms with van der Waals surface area (Å²) in [5.74, 6) is -0.0954. The third-order valence-corrected chi connectivity index (χ3v) is 4.26. The molecular formula is C20H22N4O. The first-order valence-electron chi connectivity index (χ1n) is 8.40. The molecule has 128 valence electrons. The molecule has 0 radical (unpaired) electrons. The Morgan fingerprint density at radius 1 is 1.24 bits per heavy atom. The summed E-state index contributed by atoms with van der Waals surface area (Å²) in [6, 6.07) is 13.4. The number of nitrogens with one attached hydrogen (secondary N) is 1. The van der Waals surface area contributed by atoms with Gasteiger partial charge in [0.05, 0.1) is 17.4 Å². The van der Waals surface area contributed by atoms with Crippen molar-refractivity contribution >= 4 is 5.91 Å². The van der Waals surface area contributed by atoms with Crippen molar-refractivity contribution in [3.8, 4) is 11.3 Å². The molecule has 1 aromatic carbocycles. The molecule has 0 saturated heterocycles. The Bertz CT molecular complexity index is 867. The Morgan fingerprint density at radius 2 is 2.08 bits per heavy atom. The zero-order valence-electron chi connectivity index (χ0n) is 14.7. The maximum Gasteiger partial charge on any atom is 0.251 e. The highest BCUT2D eigenvalue weighted by Gasteiger charge is 2.17. The van der Waals surface area contributed by atoms with Crippen LogP contribution in [0.5, 0.6) is 0 Å². The van der Waals surface area contributed by atoms with Crippen molar-refractivity contribution in [2.75, 3.05) is 0 Å². The Labute approximate surface area is 147 Å². The van der Waals surface area contributed by atoms with E-state index in [1.165, 1.54) is 0 Å². The molecule has 2 aromatic heterocycles. The van der Waals surface area contributed by atoms with Gasteiger partial charge in [-0.1, -0.05) is 25.1 Å². The zero-order valence-corrected chi connectivity index (χ0v) is 14.7. The van der Waals surface area contributed by atoms with Crippen molar-refractivity contribution < 1.29 is 4.79 Å². The molecule has 0 spiro atoms. The van der Waals surface area contributed by atoms with Crippen molar-refractivity contribution in [2.45, 2.75) is 26.3 Å². The van der Waals surface area contributed by atoms with E-state index < -0.39 is 0 Å². The predicted molar refractivity (Wildman–Crippen MR) is 98.1 cm³/mol. The SMILES string of the molecule is CCC(NC(=O)c1cccc(-c2ccc(C)cn2)c1)c1ccnn1C. The highest BCUT2D eigenvalue weighted by atomic mass is 16.1. The van der Waals surface area contributed by atoms with Crippen LogP contribution in [-0.4, -0.2) is 20.7 Å². The molecule has 25 heavy (non-hydrogen) atoms. The van der Waals surface area contributed by atoms with E-state index in [0.29, 0.717) is 5.56 Å². The summed E-state index contributed by atoms with van der Waals surface area (Å²) in [5.41, 5.74) is 4.52. The Hall–Kier alpha value is -2.95. The van der Waals surface area contributed by atoms with Gasteiger partial charge in [0.15, 0.2) is 0 Å². The third-order valence-electron chi connectivity index (χ3n) is 4.26. The van der Waals surface area contributed by atoms with Crippen molar-refractivity contribution in [3.63, 3.8) is 0 Å². The fourth-order valence-electron chi connectivity index (χ4n) is 2.81. The molecule has 1 amide bonds. The smallest absolute Gasteiger partial charge is 0.251 e. The summed E-state index contributed by atoms with van der Waals surface area (Å²) < 4.78 is 1.79. The number of hydrogen-bond acceptors (Lipinski definition) is 3. The van der Waals surface area contributed by atoms with Crippen molar-refractivity contribution in [1.82, 2.24) is 20.1 Å². The van der Waals surface area contributed by atoms with Crippen LogP contribution in [0.4, 0.5) is 0 Å². The van der Waals surface area contributed by atoms with E-state index in [-0.39, 0.29) is 11.9 Å². The number of benzene rings is 1. The molecule has 0 aliphatic heterocycles. The van der Waals surface area contributed by atoms with Crippen molar-refractivity contribution in [2.24, 2.45) is 7.05 Å². The quantitative estimate of drug-likeness (QED) is 0.774. The van der Waals surface area contributed by atoms with Crippen molar-refractivity contribution in [1.29, 1.82) is 0 Å². The molecule has 0 fully saturated rings. The van der Waals surface area contributed by atoms with E-state index >= 15 is 0 Å². The lowest BCUT2D eigenvalue weighted by Gasteiger charge is -2.17. The van der Waals surface area contributed by atoms with E-state index in [0.717, 1.165) is 28.9 Å². The second-order valence-corrected chi connectivity index (χ2v) is 6.12. The van der Waals surface area contributed by atoms with Crippen LogP contribution in [0.25, 0.3) is 11.3 Å². The molecule has 0 saturated carbocycles. The van der Waals surface area contributed by atoms with Gasteiger partial charge in [-0.25, -0.2) is 0 Å². The summed E-state index contributed by atoms with van der Waals surface area (Å²) in [5, 5.41) is 7.28. The van der Waals surface area contributed by atoms with E-state index in [2.05, 4.69) is 15.4 Å². The second-order valence-electron chi connectivity index (χ2n) is 6.12. The predicted octanol–water partition coefficient (Wildman–Crippen LogP) is 3.67. The summed E-state index contributed by atoms with van der Waals surface area (Å²) in [7, 11) is 1.88. The number of carbonyl (C=O) groups excluding carboxylic acids is 1. The number of pyridine rings is 1. The number of aryl methyl sites for hydroxylation is 2. The maximum absolute atomic E-state index is 12.7. The van der Waals surface area contributed by atoms with Gasteiger partial charge in [-0.3, -0.25) is 14.5 Å². The topological polar surface area (TPSA) is 59.8 Å². The zero-order chi connectivity index (χ0) is 17.8. The van der Waals surface area contributed by atoms with Gasteiger partial charge in [-0.05, 0) is 43.2 Å². The van der Waals surface area contributed by atoms with Crippen LogP contribution in [0, 0.1) is 6.92 Å². The van der Waals surface area contributed by atoms with Crippen LogP contribution >= 0.6 is 0 Å². The van der Waals surface area contributed by atoms with Crippen LogP contribution in [0.15, 0.2) is 54.9 Å². The van der Waals surface area contributed by atoms with Gasteiger partial charge in [0.1, 0.15) is 0 Å². The molecule has 0 aliphatic carbocycles. The molecular weight excluding hydrogens is 312 g/mol. The Morgan fingerprint density at radius 3 is 2.72 bits per heavy atom. The second kappa shape index (κ2) is 7.30. The first kappa shape index (κ1) is 16.9. The van der Waals surface area contributed by atoms with E-state index in [9.17, 15) is 4.79 Å². The fraction of sp³-hybridized carbons (Fsp3) is 0.250. The molecule has 1 N–H and O–H groups in total. The van der Waals surface area contributed by atoms with Gasteiger partial charge in [-0.15, -0.1) is 0 Å². The average Bonchev–Trinajstić information content (AvgIpc) is 3.06. The Kier molecular flexibility index (Phi) is 4.93. The molecule has 5 nitrogen and oxygen atoms in total. The van der Waals surface area contributed by atoms with Gasteiger partial charge in [0.2, 0.25) is 0 Å². The Balaban J connectivity index is 1.81. The lowest BCUT2D eigenvalue weighted by molar-refractivity contribution is 0.0934. The molecule has 2 heterocycles. The molecule has 3 aromatic rings. The first-order chi connectivity index (χ1) is 12.1. The number of amides is 1. The summed E-state index contributed by atoms with van der Waals surface area (Å²) >= 11 is 0. The number of hydrogen-bond donors (Lipinski definition) is 1. The lowest BCUT2D eigenvalue weighted by Crippen LogP contribution is -2.29. The summed E-state index contributed by atoms with van der Waals surface area (Å²) in [4.78, 5) is 17.1. The largest absolute Gasteiger partial charge is 0.344 e. The van der Waals surface area contributed by atoms with Gasteiger partial charge < -0.3 is 5.32 Å². The minimum atomic E-state index is -0.0954. The van der Waals surface area contributed by atoms with Gasteiger partial charge in [0, 0.05) is 30.6 Å². The van der Waals surface area contributed by atoms with E-state index in [1.807, 2.05) is 69.6 Å². The molecule has 3 rings (SSSR count). The van der Waals surface area contributed by atoms with Crippen LogP contribution in [0.2, 0.25) is 0 Å². The minimum Gasteiger partial charge on any atom is -0.344 e. The summed E-state index contributed by atoms with van der Waals surface area (Å²) in [6.07, 6.45) is 4.37. The fourth-order valence-corrected chi connectivity index (χ4v) is 2.81. The monoisotopic (exact) mass is 334 g/mol. The highest BCUT2D eigenvalue weighted by molar-refractivity contribution is 5.95.